The number of hydrogen-bond acceptors (Lipinski definition) is 3. The second kappa shape index (κ2) is 6.61. The largest absolute Gasteiger partial charge is 0.472 e. The number of nitrogens with zero attached hydrogens (tertiary/aromatic N) is 1. The highest BCUT2D eigenvalue weighted by Crippen LogP contribution is 2.30. The summed E-state index contributed by atoms with van der Waals surface area (Å²) in [6.07, 6.45) is 3.77. The summed E-state index contributed by atoms with van der Waals surface area (Å²) in [6.45, 7) is 5.07. The maximum absolute atomic E-state index is 5.96. The van der Waals surface area contributed by atoms with Gasteiger partial charge >= 0.3 is 0 Å². The Bertz CT molecular complexity index is 380. The number of allylic oxidation sites excluding steroid dienone is 1. The molecule has 16 heavy (non-hydrogen) atoms. The molecule has 1 rings (SSSR count). The summed E-state index contributed by atoms with van der Waals surface area (Å²) in [4.78, 5) is 4.20. The summed E-state index contributed by atoms with van der Waals surface area (Å²) in [5.74, 6) is 0.976. The first kappa shape index (κ1) is 13.1. The fraction of sp³-hybridized carbons (Fsp3) is 0.364. The van der Waals surface area contributed by atoms with Crippen molar-refractivity contribution in [2.45, 2.75) is 13.8 Å². The molecule has 1 aromatic heterocycles. The maximum atomic E-state index is 5.96. The van der Waals surface area contributed by atoms with E-state index in [1.807, 2.05) is 26.0 Å². The van der Waals surface area contributed by atoms with Gasteiger partial charge in [-0.3, -0.25) is 0 Å². The summed E-state index contributed by atoms with van der Waals surface area (Å²) in [6, 6.07) is 1.62. The van der Waals surface area contributed by atoms with Crippen LogP contribution in [0, 0.1) is 0 Å². The molecule has 0 aromatic carbocycles. The molecule has 1 N–H and O–H groups in total. The van der Waals surface area contributed by atoms with Crippen molar-refractivity contribution < 1.29 is 4.74 Å². The third kappa shape index (κ3) is 3.58. The Morgan fingerprint density at radius 1 is 1.44 bits per heavy atom. The van der Waals surface area contributed by atoms with E-state index < -0.39 is 0 Å². The van der Waals surface area contributed by atoms with Gasteiger partial charge in [-0.25, -0.2) is 0 Å². The van der Waals surface area contributed by atoms with Crippen LogP contribution < -0.4 is 10.1 Å². The molecule has 5 heteroatoms. The van der Waals surface area contributed by atoms with Crippen LogP contribution in [0.4, 0.5) is 5.82 Å². The topological polar surface area (TPSA) is 34.1 Å². The lowest BCUT2D eigenvalue weighted by Gasteiger charge is -2.09. The molecule has 0 aliphatic carbocycles. The summed E-state index contributed by atoms with van der Waals surface area (Å²) in [5, 5.41) is 3.94. The Morgan fingerprint density at radius 3 is 2.81 bits per heavy atom. The molecule has 1 heterocycles. The van der Waals surface area contributed by atoms with Crippen molar-refractivity contribution in [3.63, 3.8) is 0 Å². The van der Waals surface area contributed by atoms with Crippen LogP contribution in [0.3, 0.4) is 0 Å². The molecular weight excluding hydrogens is 247 g/mol. The minimum absolute atomic E-state index is 0.389. The first-order valence-electron chi connectivity index (χ1n) is 5.02. The molecule has 88 valence electrons. The van der Waals surface area contributed by atoms with Crippen LogP contribution in [0.1, 0.15) is 13.8 Å². The van der Waals surface area contributed by atoms with Crippen molar-refractivity contribution in [1.29, 1.82) is 0 Å². The van der Waals surface area contributed by atoms with E-state index in [9.17, 15) is 0 Å². The van der Waals surface area contributed by atoms with Crippen LogP contribution in [-0.4, -0.2) is 18.1 Å². The third-order valence-electron chi connectivity index (χ3n) is 1.79. The van der Waals surface area contributed by atoms with Crippen LogP contribution >= 0.6 is 23.2 Å². The molecule has 0 spiro atoms. The monoisotopic (exact) mass is 260 g/mol. The molecule has 0 radical (unpaired) electrons. The molecule has 0 aliphatic heterocycles. The van der Waals surface area contributed by atoms with Crippen LogP contribution in [-0.2, 0) is 0 Å². The molecular formula is C11H14Cl2N2O. The Hall–Kier alpha value is -0.930. The highest BCUT2D eigenvalue weighted by molar-refractivity contribution is 6.36. The number of anilines is 1. The number of ether oxygens (including phenoxy) is 1. The lowest BCUT2D eigenvalue weighted by Crippen LogP contribution is -2.03. The van der Waals surface area contributed by atoms with Crippen LogP contribution in [0.25, 0.3) is 0 Å². The molecule has 0 saturated heterocycles. The Morgan fingerprint density at radius 2 is 2.19 bits per heavy atom. The predicted octanol–water partition coefficient (Wildman–Crippen LogP) is 3.78. The number of halogens is 2. The number of hydrogen-bond donors (Lipinski definition) is 1. The van der Waals surface area contributed by atoms with Gasteiger partial charge in [0.05, 0.1) is 5.02 Å². The van der Waals surface area contributed by atoms with Gasteiger partial charge in [0.2, 0.25) is 5.88 Å². The molecule has 0 atom stereocenters. The Labute approximate surface area is 105 Å². The number of pyridine rings is 1. The van der Waals surface area contributed by atoms with Crippen LogP contribution in [0.5, 0.6) is 5.88 Å². The molecule has 0 fully saturated rings. The van der Waals surface area contributed by atoms with Crippen LogP contribution in [0.2, 0.25) is 10.0 Å². The first-order valence-corrected chi connectivity index (χ1v) is 5.78. The van der Waals surface area contributed by atoms with Gasteiger partial charge in [-0.1, -0.05) is 35.4 Å². The fourth-order valence-corrected chi connectivity index (χ4v) is 1.55. The van der Waals surface area contributed by atoms with E-state index in [4.69, 9.17) is 27.9 Å². The first-order chi connectivity index (χ1) is 7.69. The van der Waals surface area contributed by atoms with Crippen molar-refractivity contribution in [3.8, 4) is 5.88 Å². The zero-order chi connectivity index (χ0) is 12.0. The van der Waals surface area contributed by atoms with Gasteiger partial charge < -0.3 is 10.1 Å². The average molecular weight is 261 g/mol. The van der Waals surface area contributed by atoms with Crippen molar-refractivity contribution in [1.82, 2.24) is 4.98 Å². The zero-order valence-corrected chi connectivity index (χ0v) is 10.8. The van der Waals surface area contributed by atoms with Gasteiger partial charge in [-0.15, -0.1) is 0 Å². The van der Waals surface area contributed by atoms with Gasteiger partial charge in [-0.05, 0) is 19.9 Å². The van der Waals surface area contributed by atoms with E-state index >= 15 is 0 Å². The van der Waals surface area contributed by atoms with E-state index in [-0.39, 0.29) is 0 Å². The minimum atomic E-state index is 0.389. The van der Waals surface area contributed by atoms with Crippen molar-refractivity contribution >= 4 is 29.0 Å². The standard InChI is InChI=1S/C11H14Cl2N2O/c1-3-5-6-16-11-9(13)7-8(12)10(15-11)14-4-2/h3,5,7H,4,6H2,1-2H3,(H,14,15)/b5-3+. The minimum Gasteiger partial charge on any atom is -0.472 e. The lowest BCUT2D eigenvalue weighted by atomic mass is 10.4. The molecule has 0 amide bonds. The summed E-state index contributed by atoms with van der Waals surface area (Å²) < 4.78 is 5.39. The van der Waals surface area contributed by atoms with Gasteiger partial charge in [0, 0.05) is 6.54 Å². The van der Waals surface area contributed by atoms with Gasteiger partial charge in [0.25, 0.3) is 0 Å². The summed E-state index contributed by atoms with van der Waals surface area (Å²) in [5.41, 5.74) is 0. The second-order valence-electron chi connectivity index (χ2n) is 3.02. The highest BCUT2D eigenvalue weighted by Gasteiger charge is 2.09. The third-order valence-corrected chi connectivity index (χ3v) is 2.35. The second-order valence-corrected chi connectivity index (χ2v) is 3.83. The predicted molar refractivity (Wildman–Crippen MR) is 68.7 cm³/mol. The van der Waals surface area contributed by atoms with E-state index in [0.29, 0.717) is 28.3 Å². The smallest absolute Gasteiger partial charge is 0.234 e. The Balaban J connectivity index is 2.86. The van der Waals surface area contributed by atoms with Gasteiger partial charge in [0.1, 0.15) is 17.4 Å². The summed E-state index contributed by atoms with van der Waals surface area (Å²) in [7, 11) is 0. The van der Waals surface area contributed by atoms with Crippen molar-refractivity contribution in [2.24, 2.45) is 0 Å². The van der Waals surface area contributed by atoms with E-state index in [1.165, 1.54) is 0 Å². The van der Waals surface area contributed by atoms with Crippen molar-refractivity contribution in [2.75, 3.05) is 18.5 Å². The SMILES string of the molecule is C/C=C/COc1nc(NCC)c(Cl)cc1Cl. The van der Waals surface area contributed by atoms with Gasteiger partial charge in [0.15, 0.2) is 0 Å². The molecule has 0 aliphatic rings. The highest BCUT2D eigenvalue weighted by atomic mass is 35.5. The van der Waals surface area contributed by atoms with E-state index in [0.717, 1.165) is 6.54 Å². The molecule has 0 saturated carbocycles. The van der Waals surface area contributed by atoms with Crippen molar-refractivity contribution in [3.05, 3.63) is 28.3 Å². The fourth-order valence-electron chi connectivity index (χ4n) is 1.07. The summed E-state index contributed by atoms with van der Waals surface area (Å²) >= 11 is 11.9. The Kier molecular flexibility index (Phi) is 5.43. The average Bonchev–Trinajstić information content (AvgIpc) is 2.25. The molecule has 0 bridgehead atoms. The van der Waals surface area contributed by atoms with Gasteiger partial charge in [-0.2, -0.15) is 4.98 Å². The quantitative estimate of drug-likeness (QED) is 0.819. The van der Waals surface area contributed by atoms with Crippen LogP contribution in [0.15, 0.2) is 18.2 Å². The number of aromatic nitrogens is 1. The lowest BCUT2D eigenvalue weighted by molar-refractivity contribution is 0.349. The molecule has 3 nitrogen and oxygen atoms in total. The molecule has 1 aromatic rings. The van der Waals surface area contributed by atoms with E-state index in [1.54, 1.807) is 6.07 Å². The van der Waals surface area contributed by atoms with E-state index in [2.05, 4.69) is 10.3 Å². The number of rotatable bonds is 5. The number of nitrogens with one attached hydrogen (secondary N) is 1. The molecule has 0 unspecified atom stereocenters. The maximum Gasteiger partial charge on any atom is 0.234 e. The zero-order valence-electron chi connectivity index (χ0n) is 9.26. The normalized spacial score (nSPS) is 10.8.